The number of esters is 1. The van der Waals surface area contributed by atoms with E-state index in [2.05, 4.69) is 25.4 Å². The van der Waals surface area contributed by atoms with Crippen molar-refractivity contribution in [2.24, 2.45) is 0 Å². The first kappa shape index (κ1) is 30.7. The Morgan fingerprint density at radius 1 is 1.22 bits per heavy atom. The maximum Gasteiger partial charge on any atom is 0.459 e. The molecule has 1 aromatic carbocycles. The summed E-state index contributed by atoms with van der Waals surface area (Å²) in [5.41, 5.74) is -3.53. The normalized spacial score (nSPS) is 24.9. The summed E-state index contributed by atoms with van der Waals surface area (Å²) in [4.78, 5) is 24.4. The van der Waals surface area contributed by atoms with Gasteiger partial charge in [0.2, 0.25) is 5.67 Å². The number of alkyl halides is 3. The third kappa shape index (κ3) is 6.31. The summed E-state index contributed by atoms with van der Waals surface area (Å²) in [6.07, 6.45) is -8.33. The predicted molar refractivity (Wildman–Crippen MR) is 139 cm³/mol. The second kappa shape index (κ2) is 12.3. The standard InChI is InChI=1S/C24H30F3N6O7P/c1-13(2)38-21(35)14(3)32-41(36,40-15-8-6-5-7-9-15)37-10-16-18(34)24(27,22(25)26)23(39-16)33-12-31-17-19(28-4)29-11-30-20(17)33/h5-9,11-14,16,18,22-23,34H,10H2,1-4H3,(H,32,36)(H,28,29,30)/t14-,16-,18-,23-,24+,41-/m1/s1. The topological polar surface area (TPSA) is 159 Å². The van der Waals surface area contributed by atoms with Crippen LogP contribution in [0.5, 0.6) is 5.75 Å². The maximum absolute atomic E-state index is 16.0. The van der Waals surface area contributed by atoms with Gasteiger partial charge in [0.05, 0.1) is 19.0 Å². The van der Waals surface area contributed by atoms with E-state index in [-0.39, 0.29) is 22.7 Å². The lowest BCUT2D eigenvalue weighted by Gasteiger charge is -2.28. The fraction of sp³-hybridized carbons (Fsp3) is 0.500. The molecule has 3 N–H and O–H groups in total. The number of hydrogen-bond acceptors (Lipinski definition) is 11. The molecule has 0 aliphatic carbocycles. The molecule has 224 valence electrons. The van der Waals surface area contributed by atoms with Gasteiger partial charge in [0.25, 0.3) is 6.43 Å². The summed E-state index contributed by atoms with van der Waals surface area (Å²) >= 11 is 0. The van der Waals surface area contributed by atoms with Crippen LogP contribution in [0.25, 0.3) is 11.2 Å². The smallest absolute Gasteiger partial charge is 0.459 e. The summed E-state index contributed by atoms with van der Waals surface area (Å²) < 4.78 is 80.5. The Hall–Kier alpha value is -3.30. The highest BCUT2D eigenvalue weighted by Crippen LogP contribution is 2.49. The average molecular weight is 603 g/mol. The van der Waals surface area contributed by atoms with Crippen LogP contribution in [-0.4, -0.2) is 80.7 Å². The zero-order valence-electron chi connectivity index (χ0n) is 22.5. The van der Waals surface area contributed by atoms with E-state index in [9.17, 15) is 23.2 Å². The van der Waals surface area contributed by atoms with E-state index in [1.807, 2.05) is 0 Å². The summed E-state index contributed by atoms with van der Waals surface area (Å²) in [6, 6.07) is 6.56. The van der Waals surface area contributed by atoms with E-state index in [1.165, 1.54) is 19.1 Å². The zero-order valence-corrected chi connectivity index (χ0v) is 23.4. The van der Waals surface area contributed by atoms with Gasteiger partial charge in [0.15, 0.2) is 17.7 Å². The minimum atomic E-state index is -4.47. The Bertz CT molecular complexity index is 1400. The molecule has 0 radical (unpaired) electrons. The average Bonchev–Trinajstić information content (AvgIpc) is 3.46. The van der Waals surface area contributed by atoms with Crippen molar-refractivity contribution in [2.45, 2.75) is 63.4 Å². The van der Waals surface area contributed by atoms with Crippen molar-refractivity contribution in [2.75, 3.05) is 19.0 Å². The number of ether oxygens (including phenoxy) is 2. The molecule has 1 saturated heterocycles. The van der Waals surface area contributed by atoms with Crippen molar-refractivity contribution in [1.82, 2.24) is 24.6 Å². The van der Waals surface area contributed by atoms with Crippen molar-refractivity contribution in [3.8, 4) is 5.75 Å². The number of nitrogens with zero attached hydrogens (tertiary/aromatic N) is 4. The quantitative estimate of drug-likeness (QED) is 0.206. The maximum atomic E-state index is 16.0. The third-order valence-electron chi connectivity index (χ3n) is 6.11. The number of aliphatic hydroxyl groups excluding tert-OH is 1. The van der Waals surface area contributed by atoms with Crippen LogP contribution in [0.3, 0.4) is 0 Å². The van der Waals surface area contributed by atoms with Crippen LogP contribution >= 0.6 is 7.75 Å². The van der Waals surface area contributed by atoms with Crippen LogP contribution in [0, 0.1) is 0 Å². The minimum absolute atomic E-state index is 0.0389. The highest BCUT2D eigenvalue weighted by molar-refractivity contribution is 7.52. The molecule has 0 amide bonds. The van der Waals surface area contributed by atoms with Crippen molar-refractivity contribution < 1.29 is 46.2 Å². The number of fused-ring (bicyclic) bond motifs is 1. The monoisotopic (exact) mass is 602 g/mol. The van der Waals surface area contributed by atoms with Gasteiger partial charge in [-0.3, -0.25) is 13.9 Å². The number of nitrogens with one attached hydrogen (secondary N) is 2. The number of benzene rings is 1. The Morgan fingerprint density at radius 3 is 2.56 bits per heavy atom. The second-order valence-electron chi connectivity index (χ2n) is 9.43. The molecule has 3 aromatic rings. The molecule has 0 unspecified atom stereocenters. The highest BCUT2D eigenvalue weighted by atomic mass is 31.2. The summed E-state index contributed by atoms with van der Waals surface area (Å²) in [5, 5.41) is 15.9. The highest BCUT2D eigenvalue weighted by Gasteiger charge is 2.64. The Labute approximate surface area is 233 Å². The fourth-order valence-electron chi connectivity index (χ4n) is 4.13. The van der Waals surface area contributed by atoms with Crippen LogP contribution in [-0.2, 0) is 23.4 Å². The van der Waals surface area contributed by atoms with Crippen LogP contribution in [0.15, 0.2) is 43.0 Å². The molecule has 17 heteroatoms. The molecule has 1 aliphatic rings. The predicted octanol–water partition coefficient (Wildman–Crippen LogP) is 3.23. The lowest BCUT2D eigenvalue weighted by atomic mass is 9.96. The molecule has 0 bridgehead atoms. The third-order valence-corrected chi connectivity index (χ3v) is 7.75. The lowest BCUT2D eigenvalue weighted by Crippen LogP contribution is -2.49. The number of aliphatic hydroxyl groups is 1. The van der Waals surface area contributed by atoms with Crippen molar-refractivity contribution in [3.05, 3.63) is 43.0 Å². The van der Waals surface area contributed by atoms with E-state index in [0.717, 1.165) is 17.2 Å². The van der Waals surface area contributed by atoms with Gasteiger partial charge in [-0.2, -0.15) is 5.09 Å². The number of rotatable bonds is 12. The van der Waals surface area contributed by atoms with Gasteiger partial charge in [-0.25, -0.2) is 32.7 Å². The van der Waals surface area contributed by atoms with E-state index < -0.39 is 63.0 Å². The zero-order chi connectivity index (χ0) is 29.9. The Balaban J connectivity index is 1.60. The molecule has 0 spiro atoms. The number of para-hydroxylation sites is 1. The van der Waals surface area contributed by atoms with Crippen molar-refractivity contribution in [3.63, 3.8) is 0 Å². The van der Waals surface area contributed by atoms with Gasteiger partial charge < -0.3 is 24.4 Å². The number of carbonyl (C=O) groups excluding carboxylic acids is 1. The van der Waals surface area contributed by atoms with E-state index in [4.69, 9.17) is 18.5 Å². The molecule has 41 heavy (non-hydrogen) atoms. The molecule has 4 rings (SSSR count). The molecule has 13 nitrogen and oxygen atoms in total. The summed E-state index contributed by atoms with van der Waals surface area (Å²) in [7, 11) is -2.92. The van der Waals surface area contributed by atoms with Gasteiger partial charge in [-0.15, -0.1) is 0 Å². The van der Waals surface area contributed by atoms with Crippen molar-refractivity contribution in [1.29, 1.82) is 0 Å². The van der Waals surface area contributed by atoms with Gasteiger partial charge >= 0.3 is 13.7 Å². The molecule has 1 aliphatic heterocycles. The van der Waals surface area contributed by atoms with Gasteiger partial charge in [0.1, 0.15) is 35.8 Å². The Morgan fingerprint density at radius 2 is 1.93 bits per heavy atom. The minimum Gasteiger partial charge on any atom is -0.462 e. The van der Waals surface area contributed by atoms with Crippen LogP contribution < -0.4 is 14.9 Å². The van der Waals surface area contributed by atoms with Gasteiger partial charge in [0, 0.05) is 7.05 Å². The van der Waals surface area contributed by atoms with E-state index >= 15 is 4.39 Å². The number of imidazole rings is 1. The number of aromatic nitrogens is 4. The molecule has 3 heterocycles. The molecule has 1 fully saturated rings. The number of anilines is 1. The molecule has 6 atom stereocenters. The first-order chi connectivity index (χ1) is 19.4. The van der Waals surface area contributed by atoms with Crippen molar-refractivity contribution >= 4 is 30.7 Å². The molecule has 0 saturated carbocycles. The number of carbonyl (C=O) groups is 1. The van der Waals surface area contributed by atoms with Gasteiger partial charge in [-0.1, -0.05) is 18.2 Å². The first-order valence-electron chi connectivity index (χ1n) is 12.5. The number of halogens is 3. The van der Waals surface area contributed by atoms with Gasteiger partial charge in [-0.05, 0) is 32.9 Å². The Kier molecular flexibility index (Phi) is 9.19. The molecular weight excluding hydrogens is 572 g/mol. The lowest BCUT2D eigenvalue weighted by molar-refractivity contribution is -0.149. The SMILES string of the molecule is CNc1ncnc2c1ncn2[C@@H]1O[C@H](CO[P@](=O)(N[C@H](C)C(=O)OC(C)C)Oc2ccccc2)[C@@H](O)[C@]1(F)C(F)F. The summed E-state index contributed by atoms with van der Waals surface area (Å²) in [5.74, 6) is -0.437. The van der Waals surface area contributed by atoms with E-state index in [1.54, 1.807) is 39.1 Å². The van der Waals surface area contributed by atoms with E-state index in [0.29, 0.717) is 0 Å². The fourth-order valence-corrected chi connectivity index (χ4v) is 5.64. The first-order valence-corrected chi connectivity index (χ1v) is 14.1. The largest absolute Gasteiger partial charge is 0.462 e. The number of hydrogen-bond donors (Lipinski definition) is 3. The second-order valence-corrected chi connectivity index (χ2v) is 11.1. The molecular formula is C24H30F3N6O7P. The van der Waals surface area contributed by atoms with Crippen LogP contribution in [0.2, 0.25) is 0 Å². The van der Waals surface area contributed by atoms with Crippen LogP contribution in [0.4, 0.5) is 19.0 Å². The summed E-state index contributed by atoms with van der Waals surface area (Å²) in [6.45, 7) is 3.72. The van der Waals surface area contributed by atoms with Crippen LogP contribution in [0.1, 0.15) is 27.0 Å². The molecule has 2 aromatic heterocycles.